The molecular weight excluding hydrogens is 426 g/mol. The molecule has 6 nitrogen and oxygen atoms in total. The first-order chi connectivity index (χ1) is 16.6. The third kappa shape index (κ3) is 6.11. The monoisotopic (exact) mass is 455 g/mol. The molecule has 0 fully saturated rings. The Labute approximate surface area is 200 Å². The Kier molecular flexibility index (Phi) is 7.73. The summed E-state index contributed by atoms with van der Waals surface area (Å²) in [5, 5.41) is 1.89. The van der Waals surface area contributed by atoms with Gasteiger partial charge in [-0.3, -0.25) is 10.2 Å². The van der Waals surface area contributed by atoms with Crippen LogP contribution in [-0.2, 0) is 13.0 Å². The number of amides is 1. The molecule has 4 aromatic rings. The normalized spacial score (nSPS) is 10.9. The van der Waals surface area contributed by atoms with Crippen molar-refractivity contribution in [1.82, 2.24) is 15.4 Å². The minimum absolute atomic E-state index is 0.110. The largest absolute Gasteiger partial charge is 0.493 e. The summed E-state index contributed by atoms with van der Waals surface area (Å²) in [5.74, 6) is 2.14. The fourth-order valence-corrected chi connectivity index (χ4v) is 3.57. The van der Waals surface area contributed by atoms with Gasteiger partial charge in [0.2, 0.25) is 5.89 Å². The van der Waals surface area contributed by atoms with E-state index in [1.165, 1.54) is 0 Å². The van der Waals surface area contributed by atoms with Crippen molar-refractivity contribution in [3.63, 3.8) is 0 Å². The highest BCUT2D eigenvalue weighted by Crippen LogP contribution is 2.22. The maximum atomic E-state index is 12.4. The van der Waals surface area contributed by atoms with Crippen molar-refractivity contribution >= 4 is 5.91 Å². The number of hydrogen-bond acceptors (Lipinski definition) is 5. The highest BCUT2D eigenvalue weighted by molar-refractivity contribution is 5.93. The standard InChI is InChI=1S/C28H29N3O3/c1-3-31(30-27(32)23-10-6-4-7-11-23)20-22-14-16-25(17-15-22)33-19-18-26-21(2)34-28(29-26)24-12-8-5-9-13-24/h4-17H,3,18-20H2,1-2H3,(H,30,32). The molecule has 0 unspecified atom stereocenters. The first-order valence-corrected chi connectivity index (χ1v) is 11.5. The van der Waals surface area contributed by atoms with Crippen molar-refractivity contribution in [2.75, 3.05) is 13.2 Å². The van der Waals surface area contributed by atoms with E-state index in [1.807, 2.05) is 91.7 Å². The molecule has 4 rings (SSSR count). The molecule has 0 spiro atoms. The molecular formula is C28H29N3O3. The quantitative estimate of drug-likeness (QED) is 0.323. The lowest BCUT2D eigenvalue weighted by Gasteiger charge is -2.21. The van der Waals surface area contributed by atoms with E-state index in [2.05, 4.69) is 10.4 Å². The fraction of sp³-hybridized carbons (Fsp3) is 0.214. The lowest BCUT2D eigenvalue weighted by atomic mass is 10.2. The molecule has 1 aromatic heterocycles. The number of aromatic nitrogens is 1. The second-order valence-corrected chi connectivity index (χ2v) is 7.95. The Bertz CT molecular complexity index is 1190. The predicted octanol–water partition coefficient (Wildman–Crippen LogP) is 5.44. The van der Waals surface area contributed by atoms with E-state index in [4.69, 9.17) is 9.15 Å². The van der Waals surface area contributed by atoms with Crippen LogP contribution in [0.3, 0.4) is 0 Å². The summed E-state index contributed by atoms with van der Waals surface area (Å²) < 4.78 is 11.7. The topological polar surface area (TPSA) is 67.6 Å². The first kappa shape index (κ1) is 23.3. The number of nitrogens with zero attached hydrogens (tertiary/aromatic N) is 2. The van der Waals surface area contributed by atoms with Crippen LogP contribution in [0.25, 0.3) is 11.5 Å². The maximum absolute atomic E-state index is 12.4. The summed E-state index contributed by atoms with van der Waals surface area (Å²) in [5.41, 5.74) is 6.56. The second-order valence-electron chi connectivity index (χ2n) is 7.95. The number of oxazole rings is 1. The Balaban J connectivity index is 1.27. The Hall–Kier alpha value is -3.90. The van der Waals surface area contributed by atoms with E-state index in [-0.39, 0.29) is 5.91 Å². The van der Waals surface area contributed by atoms with Gasteiger partial charge in [0, 0.05) is 30.6 Å². The van der Waals surface area contributed by atoms with E-state index >= 15 is 0 Å². The molecule has 0 bridgehead atoms. The van der Waals surface area contributed by atoms with Crippen LogP contribution >= 0.6 is 0 Å². The average molecular weight is 456 g/mol. The van der Waals surface area contributed by atoms with Crippen molar-refractivity contribution in [3.05, 3.63) is 108 Å². The van der Waals surface area contributed by atoms with Crippen LogP contribution in [0.4, 0.5) is 0 Å². The Morgan fingerprint density at radius 3 is 2.32 bits per heavy atom. The molecule has 174 valence electrons. The summed E-state index contributed by atoms with van der Waals surface area (Å²) in [6, 6.07) is 27.0. The highest BCUT2D eigenvalue weighted by atomic mass is 16.5. The Morgan fingerprint density at radius 2 is 1.65 bits per heavy atom. The number of ether oxygens (including phenoxy) is 1. The van der Waals surface area contributed by atoms with Gasteiger partial charge in [-0.25, -0.2) is 9.99 Å². The number of nitrogens with one attached hydrogen (secondary N) is 1. The zero-order chi connectivity index (χ0) is 23.8. The van der Waals surface area contributed by atoms with Crippen molar-refractivity contribution in [2.45, 2.75) is 26.8 Å². The predicted molar refractivity (Wildman–Crippen MR) is 132 cm³/mol. The van der Waals surface area contributed by atoms with E-state index in [1.54, 1.807) is 12.1 Å². The van der Waals surface area contributed by atoms with Crippen molar-refractivity contribution < 1.29 is 13.9 Å². The van der Waals surface area contributed by atoms with Crippen LogP contribution < -0.4 is 10.2 Å². The van der Waals surface area contributed by atoms with Crippen molar-refractivity contribution in [1.29, 1.82) is 0 Å². The number of carbonyl (C=O) groups is 1. The van der Waals surface area contributed by atoms with Crippen LogP contribution in [0.1, 0.15) is 34.3 Å². The molecule has 0 saturated heterocycles. The number of hydrogen-bond donors (Lipinski definition) is 1. The van der Waals surface area contributed by atoms with Gasteiger partial charge >= 0.3 is 0 Å². The van der Waals surface area contributed by atoms with Crippen LogP contribution in [-0.4, -0.2) is 29.1 Å². The maximum Gasteiger partial charge on any atom is 0.265 e. The number of benzene rings is 3. The van der Waals surface area contributed by atoms with E-state index < -0.39 is 0 Å². The Morgan fingerprint density at radius 1 is 0.971 bits per heavy atom. The summed E-state index contributed by atoms with van der Waals surface area (Å²) >= 11 is 0. The summed E-state index contributed by atoms with van der Waals surface area (Å²) in [4.78, 5) is 17.0. The molecule has 0 aliphatic rings. The van der Waals surface area contributed by atoms with Gasteiger partial charge in [0.15, 0.2) is 0 Å². The molecule has 0 atom stereocenters. The average Bonchev–Trinajstić information content (AvgIpc) is 3.26. The molecule has 0 saturated carbocycles. The highest BCUT2D eigenvalue weighted by Gasteiger charge is 2.12. The molecule has 6 heteroatoms. The van der Waals surface area contributed by atoms with Gasteiger partial charge in [0.05, 0.1) is 12.3 Å². The molecule has 1 N–H and O–H groups in total. The SMILES string of the molecule is CCN(Cc1ccc(OCCc2nc(-c3ccccc3)oc2C)cc1)NC(=O)c1ccccc1. The molecule has 1 heterocycles. The van der Waals surface area contributed by atoms with E-state index in [0.717, 1.165) is 28.3 Å². The van der Waals surface area contributed by atoms with E-state index in [0.29, 0.717) is 37.6 Å². The lowest BCUT2D eigenvalue weighted by molar-refractivity contribution is 0.0784. The molecule has 0 radical (unpaired) electrons. The molecule has 0 aliphatic heterocycles. The van der Waals surface area contributed by atoms with Gasteiger partial charge in [-0.15, -0.1) is 0 Å². The smallest absolute Gasteiger partial charge is 0.265 e. The molecule has 3 aromatic carbocycles. The minimum atomic E-state index is -0.110. The van der Waals surface area contributed by atoms with Gasteiger partial charge in [-0.05, 0) is 48.9 Å². The van der Waals surface area contributed by atoms with Crippen LogP contribution in [0.2, 0.25) is 0 Å². The second kappa shape index (κ2) is 11.3. The number of carbonyl (C=O) groups excluding carboxylic acids is 1. The van der Waals surface area contributed by atoms with Gasteiger partial charge in [0.1, 0.15) is 11.5 Å². The van der Waals surface area contributed by atoms with Crippen molar-refractivity contribution in [2.24, 2.45) is 0 Å². The number of aryl methyl sites for hydroxylation is 1. The van der Waals surface area contributed by atoms with Gasteiger partial charge in [0.25, 0.3) is 5.91 Å². The zero-order valence-corrected chi connectivity index (χ0v) is 19.5. The molecule has 0 aliphatic carbocycles. The summed E-state index contributed by atoms with van der Waals surface area (Å²) in [7, 11) is 0. The molecule has 34 heavy (non-hydrogen) atoms. The minimum Gasteiger partial charge on any atom is -0.493 e. The van der Waals surface area contributed by atoms with Gasteiger partial charge in [-0.1, -0.05) is 55.5 Å². The summed E-state index contributed by atoms with van der Waals surface area (Å²) in [6.07, 6.45) is 0.666. The number of hydrazine groups is 1. The van der Waals surface area contributed by atoms with Crippen LogP contribution in [0.5, 0.6) is 5.75 Å². The zero-order valence-electron chi connectivity index (χ0n) is 19.5. The fourth-order valence-electron chi connectivity index (χ4n) is 3.57. The molecule has 1 amide bonds. The third-order valence-corrected chi connectivity index (χ3v) is 5.50. The lowest BCUT2D eigenvalue weighted by Crippen LogP contribution is -2.41. The first-order valence-electron chi connectivity index (χ1n) is 11.5. The van der Waals surface area contributed by atoms with Crippen molar-refractivity contribution in [3.8, 4) is 17.2 Å². The van der Waals surface area contributed by atoms with E-state index in [9.17, 15) is 4.79 Å². The van der Waals surface area contributed by atoms with Gasteiger partial charge < -0.3 is 9.15 Å². The summed E-state index contributed by atoms with van der Waals surface area (Å²) in [6.45, 7) is 5.75. The number of rotatable bonds is 10. The van der Waals surface area contributed by atoms with Crippen LogP contribution in [0, 0.1) is 6.92 Å². The third-order valence-electron chi connectivity index (χ3n) is 5.50. The van der Waals surface area contributed by atoms with Crippen LogP contribution in [0.15, 0.2) is 89.3 Å². The van der Waals surface area contributed by atoms with Gasteiger partial charge in [-0.2, -0.15) is 0 Å².